The van der Waals surface area contributed by atoms with Crippen LogP contribution in [0.25, 0.3) is 0 Å². The minimum absolute atomic E-state index is 0.276. The highest BCUT2D eigenvalue weighted by molar-refractivity contribution is 5.38. The molecule has 1 unspecified atom stereocenters. The second-order valence-corrected chi connectivity index (χ2v) is 5.10. The van der Waals surface area contributed by atoms with Gasteiger partial charge in [-0.05, 0) is 27.0 Å². The summed E-state index contributed by atoms with van der Waals surface area (Å²) in [5, 5.41) is 3.27. The van der Waals surface area contributed by atoms with E-state index in [-0.39, 0.29) is 6.04 Å². The van der Waals surface area contributed by atoms with Crippen LogP contribution < -0.4 is 10.1 Å². The molecule has 20 heavy (non-hydrogen) atoms. The first-order valence-corrected chi connectivity index (χ1v) is 6.98. The van der Waals surface area contributed by atoms with Crippen molar-refractivity contribution in [1.29, 1.82) is 0 Å². The van der Waals surface area contributed by atoms with Crippen molar-refractivity contribution in [2.45, 2.75) is 26.3 Å². The van der Waals surface area contributed by atoms with Crippen LogP contribution in [0.4, 0.5) is 0 Å². The number of nitrogens with zero attached hydrogens (tertiary/aromatic N) is 2. The van der Waals surface area contributed by atoms with Gasteiger partial charge in [-0.1, -0.05) is 17.7 Å². The van der Waals surface area contributed by atoms with E-state index in [0.29, 0.717) is 6.61 Å². The number of nitrogens with one attached hydrogen (secondary N) is 1. The Morgan fingerprint density at radius 3 is 2.85 bits per heavy atom. The zero-order chi connectivity index (χ0) is 14.5. The normalized spacial score (nSPS) is 12.4. The molecule has 0 saturated heterocycles. The summed E-state index contributed by atoms with van der Waals surface area (Å²) < 4.78 is 7.97. The molecule has 4 heteroatoms. The molecule has 0 saturated carbocycles. The van der Waals surface area contributed by atoms with Gasteiger partial charge in [0.2, 0.25) is 0 Å². The highest BCUT2D eigenvalue weighted by Gasteiger charge is 2.10. The van der Waals surface area contributed by atoms with Gasteiger partial charge in [0.15, 0.2) is 0 Å². The summed E-state index contributed by atoms with van der Waals surface area (Å²) in [6, 6.07) is 6.59. The Morgan fingerprint density at radius 1 is 1.40 bits per heavy atom. The molecule has 1 aromatic heterocycles. The van der Waals surface area contributed by atoms with Crippen molar-refractivity contribution < 1.29 is 4.74 Å². The van der Waals surface area contributed by atoms with Crippen LogP contribution in [-0.4, -0.2) is 23.2 Å². The van der Waals surface area contributed by atoms with Gasteiger partial charge < -0.3 is 14.6 Å². The van der Waals surface area contributed by atoms with Crippen LogP contribution in [0.3, 0.4) is 0 Å². The summed E-state index contributed by atoms with van der Waals surface area (Å²) in [5.74, 6) is 1.99. The van der Waals surface area contributed by atoms with Crippen LogP contribution in [0.5, 0.6) is 5.75 Å². The Kier molecular flexibility index (Phi) is 4.79. The molecule has 0 aliphatic heterocycles. The molecular weight excluding hydrogens is 250 g/mol. The molecule has 0 spiro atoms. The maximum atomic E-state index is 5.95. The minimum Gasteiger partial charge on any atom is -0.493 e. The first kappa shape index (κ1) is 14.6. The van der Waals surface area contributed by atoms with E-state index in [4.69, 9.17) is 4.74 Å². The molecule has 2 rings (SSSR count). The topological polar surface area (TPSA) is 39.1 Å². The van der Waals surface area contributed by atoms with E-state index in [2.05, 4.69) is 42.3 Å². The van der Waals surface area contributed by atoms with E-state index in [1.807, 2.05) is 31.1 Å². The average Bonchev–Trinajstić information content (AvgIpc) is 2.85. The molecule has 0 radical (unpaired) electrons. The second kappa shape index (κ2) is 6.57. The molecule has 1 aromatic carbocycles. The van der Waals surface area contributed by atoms with E-state index < -0.39 is 0 Å². The predicted octanol–water partition coefficient (Wildman–Crippen LogP) is 2.63. The molecule has 108 valence electrons. The van der Waals surface area contributed by atoms with Gasteiger partial charge in [0.1, 0.15) is 11.6 Å². The summed E-state index contributed by atoms with van der Waals surface area (Å²) in [5.41, 5.74) is 2.45. The van der Waals surface area contributed by atoms with Gasteiger partial charge in [-0.3, -0.25) is 0 Å². The quantitative estimate of drug-likeness (QED) is 0.879. The molecule has 1 N–H and O–H groups in total. The predicted molar refractivity (Wildman–Crippen MR) is 81.1 cm³/mol. The lowest BCUT2D eigenvalue weighted by Crippen LogP contribution is -2.15. The minimum atomic E-state index is 0.276. The lowest BCUT2D eigenvalue weighted by atomic mass is 10.0. The molecule has 1 heterocycles. The fourth-order valence-electron chi connectivity index (χ4n) is 2.18. The van der Waals surface area contributed by atoms with Gasteiger partial charge >= 0.3 is 0 Å². The van der Waals surface area contributed by atoms with E-state index in [0.717, 1.165) is 18.0 Å². The van der Waals surface area contributed by atoms with Crippen molar-refractivity contribution >= 4 is 0 Å². The Bertz CT molecular complexity index is 563. The lowest BCUT2D eigenvalue weighted by molar-refractivity contribution is 0.311. The van der Waals surface area contributed by atoms with Crippen LogP contribution in [0.1, 0.15) is 29.9 Å². The molecule has 2 aromatic rings. The molecule has 4 nitrogen and oxygen atoms in total. The fraction of sp³-hybridized carbons (Fsp3) is 0.438. The fourth-order valence-corrected chi connectivity index (χ4v) is 2.18. The highest BCUT2D eigenvalue weighted by Crippen LogP contribution is 2.26. The molecule has 0 amide bonds. The number of hydrogen-bond donors (Lipinski definition) is 1. The monoisotopic (exact) mass is 273 g/mol. The second-order valence-electron chi connectivity index (χ2n) is 5.10. The third-order valence-corrected chi connectivity index (χ3v) is 3.57. The Labute approximate surface area is 120 Å². The van der Waals surface area contributed by atoms with Crippen LogP contribution in [-0.2, 0) is 13.5 Å². The van der Waals surface area contributed by atoms with Crippen molar-refractivity contribution in [2.24, 2.45) is 7.05 Å². The Morgan fingerprint density at radius 2 is 2.20 bits per heavy atom. The van der Waals surface area contributed by atoms with Gasteiger partial charge in [-0.15, -0.1) is 0 Å². The van der Waals surface area contributed by atoms with Crippen molar-refractivity contribution in [1.82, 2.24) is 14.9 Å². The number of rotatable bonds is 6. The third-order valence-electron chi connectivity index (χ3n) is 3.57. The standard InChI is InChI=1S/C16H23N3O/c1-12-5-6-15(14(11-12)13(2)17-3)20-10-7-16-18-8-9-19(16)4/h5-6,8-9,11,13,17H,7,10H2,1-4H3. The van der Waals surface area contributed by atoms with Crippen molar-refractivity contribution in [3.8, 4) is 5.75 Å². The highest BCUT2D eigenvalue weighted by atomic mass is 16.5. The molecule has 1 atom stereocenters. The lowest BCUT2D eigenvalue weighted by Gasteiger charge is -2.17. The Hall–Kier alpha value is -1.81. The zero-order valence-corrected chi connectivity index (χ0v) is 12.7. The maximum absolute atomic E-state index is 5.95. The van der Waals surface area contributed by atoms with Crippen molar-refractivity contribution in [2.75, 3.05) is 13.7 Å². The molecule has 0 aliphatic carbocycles. The third kappa shape index (κ3) is 3.39. The largest absolute Gasteiger partial charge is 0.493 e. The summed E-state index contributed by atoms with van der Waals surface area (Å²) in [6.07, 6.45) is 4.58. The number of benzene rings is 1. The average molecular weight is 273 g/mol. The number of hydrogen-bond acceptors (Lipinski definition) is 3. The van der Waals surface area contributed by atoms with Gasteiger partial charge in [-0.25, -0.2) is 4.98 Å². The first-order valence-electron chi connectivity index (χ1n) is 6.98. The first-order chi connectivity index (χ1) is 9.61. The van der Waals surface area contributed by atoms with Crippen LogP contribution in [0, 0.1) is 6.92 Å². The summed E-state index contributed by atoms with van der Waals surface area (Å²) in [7, 11) is 3.97. The van der Waals surface area contributed by atoms with Crippen molar-refractivity contribution in [3.63, 3.8) is 0 Å². The van der Waals surface area contributed by atoms with E-state index in [9.17, 15) is 0 Å². The number of imidazole rings is 1. The van der Waals surface area contributed by atoms with Crippen LogP contribution in [0.15, 0.2) is 30.6 Å². The van der Waals surface area contributed by atoms with E-state index >= 15 is 0 Å². The van der Waals surface area contributed by atoms with Gasteiger partial charge in [0.05, 0.1) is 6.61 Å². The van der Waals surface area contributed by atoms with Gasteiger partial charge in [0, 0.05) is 37.5 Å². The molecule has 0 bridgehead atoms. The zero-order valence-electron chi connectivity index (χ0n) is 12.7. The SMILES string of the molecule is CNC(C)c1cc(C)ccc1OCCc1nccn1C. The Balaban J connectivity index is 2.04. The molecule has 0 fully saturated rings. The molecule has 0 aliphatic rings. The van der Waals surface area contributed by atoms with Gasteiger partial charge in [-0.2, -0.15) is 0 Å². The summed E-state index contributed by atoms with van der Waals surface area (Å²) in [4.78, 5) is 4.31. The number of aryl methyl sites for hydroxylation is 2. The van der Waals surface area contributed by atoms with E-state index in [1.54, 1.807) is 0 Å². The van der Waals surface area contributed by atoms with Gasteiger partial charge in [0.25, 0.3) is 0 Å². The molecular formula is C16H23N3O. The summed E-state index contributed by atoms with van der Waals surface area (Å²) in [6.45, 7) is 4.88. The number of ether oxygens (including phenoxy) is 1. The van der Waals surface area contributed by atoms with Crippen LogP contribution in [0.2, 0.25) is 0 Å². The van der Waals surface area contributed by atoms with Crippen molar-refractivity contribution in [3.05, 3.63) is 47.5 Å². The summed E-state index contributed by atoms with van der Waals surface area (Å²) >= 11 is 0. The smallest absolute Gasteiger partial charge is 0.124 e. The maximum Gasteiger partial charge on any atom is 0.124 e. The number of aromatic nitrogens is 2. The van der Waals surface area contributed by atoms with E-state index in [1.165, 1.54) is 11.1 Å². The van der Waals surface area contributed by atoms with Crippen LogP contribution >= 0.6 is 0 Å².